The van der Waals surface area contributed by atoms with Crippen LogP contribution in [-0.2, 0) is 9.53 Å². The van der Waals surface area contributed by atoms with Crippen LogP contribution in [0.3, 0.4) is 0 Å². The standard InChI is InChI=1S/C16H10F2N2O3/c17-12-5-13(18)7-14(6-12)20-15(21)9-23-16(22)11-3-1-2-10(4-11)8-19/h1-7H,9H2,(H,20,21). The van der Waals surface area contributed by atoms with Crippen molar-refractivity contribution in [3.05, 3.63) is 65.2 Å². The minimum atomic E-state index is -0.842. The van der Waals surface area contributed by atoms with Gasteiger partial charge in [0.1, 0.15) is 11.6 Å². The monoisotopic (exact) mass is 316 g/mol. The zero-order valence-corrected chi connectivity index (χ0v) is 11.7. The summed E-state index contributed by atoms with van der Waals surface area (Å²) in [6, 6.07) is 10.2. The second-order valence-electron chi connectivity index (χ2n) is 4.48. The summed E-state index contributed by atoms with van der Waals surface area (Å²) in [7, 11) is 0. The van der Waals surface area contributed by atoms with Gasteiger partial charge in [-0.2, -0.15) is 5.26 Å². The topological polar surface area (TPSA) is 79.2 Å². The molecule has 0 aliphatic rings. The van der Waals surface area contributed by atoms with Gasteiger partial charge in [0.15, 0.2) is 6.61 Å². The average Bonchev–Trinajstić information content (AvgIpc) is 2.51. The van der Waals surface area contributed by atoms with E-state index in [0.29, 0.717) is 6.07 Å². The molecule has 0 aliphatic carbocycles. The predicted octanol–water partition coefficient (Wildman–Crippen LogP) is 2.63. The number of hydrogen-bond donors (Lipinski definition) is 1. The summed E-state index contributed by atoms with van der Waals surface area (Å²) in [6.07, 6.45) is 0. The van der Waals surface area contributed by atoms with Gasteiger partial charge in [-0.15, -0.1) is 0 Å². The SMILES string of the molecule is N#Cc1cccc(C(=O)OCC(=O)Nc2cc(F)cc(F)c2)c1. The first-order valence-electron chi connectivity index (χ1n) is 6.41. The van der Waals surface area contributed by atoms with Crippen LogP contribution in [0.4, 0.5) is 14.5 Å². The fraction of sp³-hybridized carbons (Fsp3) is 0.0625. The van der Waals surface area contributed by atoms with Crippen LogP contribution in [0.5, 0.6) is 0 Å². The Kier molecular flexibility index (Phi) is 5.00. The highest BCUT2D eigenvalue weighted by molar-refractivity contribution is 5.95. The first kappa shape index (κ1) is 16.1. The van der Waals surface area contributed by atoms with Crippen molar-refractivity contribution in [1.29, 1.82) is 5.26 Å². The average molecular weight is 316 g/mol. The van der Waals surface area contributed by atoms with Gasteiger partial charge in [0.05, 0.1) is 17.2 Å². The molecule has 5 nitrogen and oxygen atoms in total. The van der Waals surface area contributed by atoms with Crippen molar-refractivity contribution >= 4 is 17.6 Å². The molecule has 0 heterocycles. The number of nitrogens with one attached hydrogen (secondary N) is 1. The third-order valence-electron chi connectivity index (χ3n) is 2.71. The third-order valence-corrected chi connectivity index (χ3v) is 2.71. The molecule has 0 radical (unpaired) electrons. The van der Waals surface area contributed by atoms with Gasteiger partial charge in [0.25, 0.3) is 5.91 Å². The zero-order valence-electron chi connectivity index (χ0n) is 11.7. The number of halogens is 2. The van der Waals surface area contributed by atoms with E-state index in [2.05, 4.69) is 5.32 Å². The number of benzene rings is 2. The maximum atomic E-state index is 13.0. The number of ether oxygens (including phenoxy) is 1. The smallest absolute Gasteiger partial charge is 0.338 e. The molecular formula is C16H10F2N2O3. The van der Waals surface area contributed by atoms with E-state index in [-0.39, 0.29) is 16.8 Å². The molecule has 0 fully saturated rings. The molecule has 1 amide bonds. The highest BCUT2D eigenvalue weighted by Gasteiger charge is 2.11. The van der Waals surface area contributed by atoms with Crippen LogP contribution in [0, 0.1) is 23.0 Å². The van der Waals surface area contributed by atoms with E-state index < -0.39 is 30.1 Å². The van der Waals surface area contributed by atoms with Crippen LogP contribution in [0.1, 0.15) is 15.9 Å². The summed E-state index contributed by atoms with van der Waals surface area (Å²) in [5, 5.41) is 10.9. The Morgan fingerprint density at radius 1 is 1.13 bits per heavy atom. The number of nitrogens with zero attached hydrogens (tertiary/aromatic N) is 1. The Labute approximate surface area is 130 Å². The largest absolute Gasteiger partial charge is 0.452 e. The molecule has 0 unspecified atom stereocenters. The number of anilines is 1. The molecular weight excluding hydrogens is 306 g/mol. The molecule has 1 N–H and O–H groups in total. The number of carbonyl (C=O) groups is 2. The van der Waals surface area contributed by atoms with Crippen LogP contribution < -0.4 is 5.32 Å². The zero-order chi connectivity index (χ0) is 16.8. The molecule has 0 aliphatic heterocycles. The maximum absolute atomic E-state index is 13.0. The van der Waals surface area contributed by atoms with Crippen LogP contribution in [0.25, 0.3) is 0 Å². The van der Waals surface area contributed by atoms with Crippen LogP contribution in [0.2, 0.25) is 0 Å². The lowest BCUT2D eigenvalue weighted by Crippen LogP contribution is -2.21. The molecule has 0 spiro atoms. The van der Waals surface area contributed by atoms with Crippen molar-refractivity contribution in [3.63, 3.8) is 0 Å². The number of nitriles is 1. The molecule has 23 heavy (non-hydrogen) atoms. The molecule has 0 saturated carbocycles. The van der Waals surface area contributed by atoms with Crippen molar-refractivity contribution in [2.75, 3.05) is 11.9 Å². The summed E-state index contributed by atoms with van der Waals surface area (Å²) < 4.78 is 30.7. The molecule has 2 rings (SSSR count). The summed E-state index contributed by atoms with van der Waals surface area (Å²) >= 11 is 0. The molecule has 0 saturated heterocycles. The van der Waals surface area contributed by atoms with Gasteiger partial charge >= 0.3 is 5.97 Å². The quantitative estimate of drug-likeness (QED) is 0.879. The fourth-order valence-electron chi connectivity index (χ4n) is 1.75. The lowest BCUT2D eigenvalue weighted by Gasteiger charge is -2.07. The van der Waals surface area contributed by atoms with Gasteiger partial charge in [-0.25, -0.2) is 13.6 Å². The van der Waals surface area contributed by atoms with E-state index >= 15 is 0 Å². The Bertz CT molecular complexity index is 780. The van der Waals surface area contributed by atoms with Crippen molar-refractivity contribution in [1.82, 2.24) is 0 Å². The van der Waals surface area contributed by atoms with Gasteiger partial charge in [-0.3, -0.25) is 4.79 Å². The summed E-state index contributed by atoms with van der Waals surface area (Å²) in [6.45, 7) is -0.631. The van der Waals surface area contributed by atoms with Crippen molar-refractivity contribution in [2.24, 2.45) is 0 Å². The minimum absolute atomic E-state index is 0.0879. The van der Waals surface area contributed by atoms with E-state index in [9.17, 15) is 18.4 Å². The van der Waals surface area contributed by atoms with Crippen molar-refractivity contribution < 1.29 is 23.1 Å². The van der Waals surface area contributed by atoms with E-state index in [4.69, 9.17) is 10.00 Å². The number of hydrogen-bond acceptors (Lipinski definition) is 4. The summed E-state index contributed by atoms with van der Waals surface area (Å²) in [4.78, 5) is 23.4. The number of esters is 1. The van der Waals surface area contributed by atoms with E-state index in [1.807, 2.05) is 6.07 Å². The molecule has 0 bridgehead atoms. The Morgan fingerprint density at radius 3 is 2.48 bits per heavy atom. The highest BCUT2D eigenvalue weighted by atomic mass is 19.1. The number of carbonyl (C=O) groups excluding carboxylic acids is 2. The van der Waals surface area contributed by atoms with E-state index in [0.717, 1.165) is 12.1 Å². The summed E-state index contributed by atoms with van der Waals surface area (Å²) in [5.74, 6) is -3.22. The molecule has 0 atom stereocenters. The van der Waals surface area contributed by atoms with Gasteiger partial charge in [0, 0.05) is 11.8 Å². The predicted molar refractivity (Wildman–Crippen MR) is 76.4 cm³/mol. The third kappa shape index (κ3) is 4.61. The van der Waals surface area contributed by atoms with Crippen molar-refractivity contribution in [3.8, 4) is 6.07 Å². The van der Waals surface area contributed by atoms with Crippen LogP contribution in [0.15, 0.2) is 42.5 Å². The lowest BCUT2D eigenvalue weighted by molar-refractivity contribution is -0.119. The van der Waals surface area contributed by atoms with Crippen molar-refractivity contribution in [2.45, 2.75) is 0 Å². The highest BCUT2D eigenvalue weighted by Crippen LogP contribution is 2.13. The first-order valence-corrected chi connectivity index (χ1v) is 6.41. The Balaban J connectivity index is 1.93. The maximum Gasteiger partial charge on any atom is 0.338 e. The molecule has 7 heteroatoms. The molecule has 0 aromatic heterocycles. The second-order valence-corrected chi connectivity index (χ2v) is 4.48. The van der Waals surface area contributed by atoms with E-state index in [1.54, 1.807) is 0 Å². The van der Waals surface area contributed by atoms with Gasteiger partial charge in [0.2, 0.25) is 0 Å². The molecule has 2 aromatic rings. The lowest BCUT2D eigenvalue weighted by atomic mass is 10.1. The van der Waals surface area contributed by atoms with Gasteiger partial charge in [-0.05, 0) is 30.3 Å². The minimum Gasteiger partial charge on any atom is -0.452 e. The Hall–Kier alpha value is -3.27. The van der Waals surface area contributed by atoms with E-state index in [1.165, 1.54) is 24.3 Å². The second kappa shape index (κ2) is 7.13. The van der Waals surface area contributed by atoms with Gasteiger partial charge in [-0.1, -0.05) is 6.07 Å². The first-order chi connectivity index (χ1) is 11.0. The Morgan fingerprint density at radius 2 is 1.83 bits per heavy atom. The molecule has 116 valence electrons. The normalized spacial score (nSPS) is 9.78. The molecule has 2 aromatic carbocycles. The van der Waals surface area contributed by atoms with Gasteiger partial charge < -0.3 is 10.1 Å². The fourth-order valence-corrected chi connectivity index (χ4v) is 1.75. The van der Waals surface area contributed by atoms with Crippen LogP contribution in [-0.4, -0.2) is 18.5 Å². The van der Waals surface area contributed by atoms with Crippen LogP contribution >= 0.6 is 0 Å². The summed E-state index contributed by atoms with van der Waals surface area (Å²) in [5.41, 5.74) is 0.308. The number of rotatable bonds is 4. The number of amides is 1.